The summed E-state index contributed by atoms with van der Waals surface area (Å²) in [6, 6.07) is 13.5. The highest BCUT2D eigenvalue weighted by Crippen LogP contribution is 2.28. The van der Waals surface area contributed by atoms with E-state index in [4.69, 9.17) is 0 Å². The molecular formula is C17H18N2O4S. The smallest absolute Gasteiger partial charge is 0.337 e. The first-order valence-corrected chi connectivity index (χ1v) is 9.11. The number of benzene rings is 2. The molecule has 2 aromatic carbocycles. The van der Waals surface area contributed by atoms with Gasteiger partial charge in [-0.15, -0.1) is 0 Å². The number of sulfonamides is 1. The van der Waals surface area contributed by atoms with Crippen LogP contribution in [0.2, 0.25) is 0 Å². The molecule has 0 aromatic heterocycles. The number of aromatic carboxylic acids is 1. The molecule has 1 aliphatic rings. The van der Waals surface area contributed by atoms with Crippen molar-refractivity contribution in [1.82, 2.24) is 4.72 Å². The first-order chi connectivity index (χ1) is 11.5. The number of nitrogens with one attached hydrogen (secondary N) is 2. The summed E-state index contributed by atoms with van der Waals surface area (Å²) in [7, 11) is -3.79. The van der Waals surface area contributed by atoms with E-state index < -0.39 is 16.0 Å². The Morgan fingerprint density at radius 3 is 2.46 bits per heavy atom. The third-order valence-electron chi connectivity index (χ3n) is 3.78. The van der Waals surface area contributed by atoms with Crippen LogP contribution in [0.4, 0.5) is 5.69 Å². The van der Waals surface area contributed by atoms with Gasteiger partial charge in [0.15, 0.2) is 0 Å². The maximum absolute atomic E-state index is 12.4. The molecule has 0 atom stereocenters. The van der Waals surface area contributed by atoms with Gasteiger partial charge in [0, 0.05) is 18.3 Å². The number of carboxylic acid groups (broad SMARTS) is 1. The molecule has 0 saturated heterocycles. The van der Waals surface area contributed by atoms with Gasteiger partial charge in [-0.2, -0.15) is 0 Å². The maximum Gasteiger partial charge on any atom is 0.337 e. The van der Waals surface area contributed by atoms with Gasteiger partial charge in [0.1, 0.15) is 0 Å². The third kappa shape index (κ3) is 3.93. The molecule has 0 radical (unpaired) electrons. The molecule has 7 heteroatoms. The highest BCUT2D eigenvalue weighted by molar-refractivity contribution is 7.89. The SMILES string of the molecule is O=C(O)c1cc(S(=O)(=O)NCc2ccccc2)ccc1NC1CC1. The summed E-state index contributed by atoms with van der Waals surface area (Å²) in [5, 5.41) is 12.4. The minimum absolute atomic E-state index is 0.0375. The standard InChI is InChI=1S/C17H18N2O4S/c20-17(21)15-10-14(8-9-16(15)19-13-6-7-13)24(22,23)18-11-12-4-2-1-3-5-12/h1-5,8-10,13,18-19H,6-7,11H2,(H,20,21). The Balaban J connectivity index is 1.81. The number of rotatable bonds is 7. The lowest BCUT2D eigenvalue weighted by Crippen LogP contribution is -2.23. The molecule has 1 aliphatic carbocycles. The summed E-state index contributed by atoms with van der Waals surface area (Å²) in [5.74, 6) is -1.15. The van der Waals surface area contributed by atoms with Gasteiger partial charge < -0.3 is 10.4 Å². The summed E-state index contributed by atoms with van der Waals surface area (Å²) in [4.78, 5) is 11.4. The zero-order valence-electron chi connectivity index (χ0n) is 12.9. The van der Waals surface area contributed by atoms with Crippen LogP contribution in [-0.4, -0.2) is 25.5 Å². The van der Waals surface area contributed by atoms with Gasteiger partial charge in [-0.1, -0.05) is 30.3 Å². The van der Waals surface area contributed by atoms with Crippen molar-refractivity contribution < 1.29 is 18.3 Å². The van der Waals surface area contributed by atoms with Gasteiger partial charge in [0.05, 0.1) is 10.5 Å². The van der Waals surface area contributed by atoms with E-state index >= 15 is 0 Å². The van der Waals surface area contributed by atoms with E-state index in [2.05, 4.69) is 10.0 Å². The van der Waals surface area contributed by atoms with Crippen LogP contribution in [0.25, 0.3) is 0 Å². The largest absolute Gasteiger partial charge is 0.478 e. The van der Waals surface area contributed by atoms with Gasteiger partial charge in [-0.05, 0) is 36.6 Å². The van der Waals surface area contributed by atoms with Gasteiger partial charge >= 0.3 is 5.97 Å². The summed E-state index contributed by atoms with van der Waals surface area (Å²) in [6.45, 7) is 0.146. The van der Waals surface area contributed by atoms with Crippen molar-refractivity contribution in [3.05, 3.63) is 59.7 Å². The Hall–Kier alpha value is -2.38. The number of hydrogen-bond donors (Lipinski definition) is 3. The fraction of sp³-hybridized carbons (Fsp3) is 0.235. The summed E-state index contributed by atoms with van der Waals surface area (Å²) < 4.78 is 27.3. The lowest BCUT2D eigenvalue weighted by molar-refractivity contribution is 0.0697. The van der Waals surface area contributed by atoms with Crippen molar-refractivity contribution in [2.45, 2.75) is 30.3 Å². The van der Waals surface area contributed by atoms with E-state index in [1.165, 1.54) is 18.2 Å². The molecule has 0 heterocycles. The van der Waals surface area contributed by atoms with Crippen LogP contribution >= 0.6 is 0 Å². The topological polar surface area (TPSA) is 95.5 Å². The van der Waals surface area contributed by atoms with E-state index in [9.17, 15) is 18.3 Å². The first kappa shape index (κ1) is 16.5. The second-order valence-corrected chi connectivity index (χ2v) is 7.51. The summed E-state index contributed by atoms with van der Waals surface area (Å²) in [5.41, 5.74) is 1.24. The Bertz CT molecular complexity index is 846. The quantitative estimate of drug-likeness (QED) is 0.716. The fourth-order valence-corrected chi connectivity index (χ4v) is 3.34. The first-order valence-electron chi connectivity index (χ1n) is 7.63. The molecule has 0 spiro atoms. The predicted octanol–water partition coefficient (Wildman–Crippen LogP) is 2.44. The van der Waals surface area contributed by atoms with Crippen LogP contribution in [0, 0.1) is 0 Å². The summed E-state index contributed by atoms with van der Waals surface area (Å²) >= 11 is 0. The molecule has 2 aromatic rings. The van der Waals surface area contributed by atoms with Gasteiger partial charge in [0.2, 0.25) is 10.0 Å². The molecule has 3 rings (SSSR count). The van der Waals surface area contributed by atoms with Crippen molar-refractivity contribution in [2.24, 2.45) is 0 Å². The monoisotopic (exact) mass is 346 g/mol. The second kappa shape index (κ2) is 6.62. The number of carboxylic acids is 1. The molecule has 1 saturated carbocycles. The van der Waals surface area contributed by atoms with Crippen molar-refractivity contribution in [3.63, 3.8) is 0 Å². The molecule has 3 N–H and O–H groups in total. The van der Waals surface area contributed by atoms with E-state index in [0.717, 1.165) is 18.4 Å². The average Bonchev–Trinajstić information content (AvgIpc) is 3.38. The zero-order chi connectivity index (χ0) is 17.2. The average molecular weight is 346 g/mol. The highest BCUT2D eigenvalue weighted by atomic mass is 32.2. The van der Waals surface area contributed by atoms with Crippen LogP contribution in [0.5, 0.6) is 0 Å². The van der Waals surface area contributed by atoms with Crippen LogP contribution < -0.4 is 10.0 Å². The van der Waals surface area contributed by atoms with Crippen LogP contribution in [0.15, 0.2) is 53.4 Å². The van der Waals surface area contributed by atoms with Crippen LogP contribution in [-0.2, 0) is 16.6 Å². The predicted molar refractivity (Wildman–Crippen MR) is 90.5 cm³/mol. The Morgan fingerprint density at radius 1 is 1.12 bits per heavy atom. The van der Waals surface area contributed by atoms with Crippen molar-refractivity contribution >= 4 is 21.7 Å². The minimum atomic E-state index is -3.79. The van der Waals surface area contributed by atoms with E-state index in [0.29, 0.717) is 5.69 Å². The highest BCUT2D eigenvalue weighted by Gasteiger charge is 2.24. The molecule has 0 unspecified atom stereocenters. The van der Waals surface area contributed by atoms with Gasteiger partial charge in [0.25, 0.3) is 0 Å². The van der Waals surface area contributed by atoms with E-state index in [1.54, 1.807) is 0 Å². The van der Waals surface area contributed by atoms with Crippen molar-refractivity contribution in [1.29, 1.82) is 0 Å². The molecule has 126 valence electrons. The molecule has 0 bridgehead atoms. The zero-order valence-corrected chi connectivity index (χ0v) is 13.7. The second-order valence-electron chi connectivity index (χ2n) is 5.74. The van der Waals surface area contributed by atoms with Gasteiger partial charge in [-0.3, -0.25) is 0 Å². The molecule has 1 fully saturated rings. The molecule has 0 amide bonds. The normalized spacial score (nSPS) is 14.3. The Morgan fingerprint density at radius 2 is 1.83 bits per heavy atom. The third-order valence-corrected chi connectivity index (χ3v) is 5.18. The Kier molecular flexibility index (Phi) is 4.55. The molecular weight excluding hydrogens is 328 g/mol. The Labute approximate surface area is 140 Å². The van der Waals surface area contributed by atoms with Crippen LogP contribution in [0.3, 0.4) is 0 Å². The van der Waals surface area contributed by atoms with E-state index in [1.807, 2.05) is 30.3 Å². The fourth-order valence-electron chi connectivity index (χ4n) is 2.30. The number of hydrogen-bond acceptors (Lipinski definition) is 4. The van der Waals surface area contributed by atoms with E-state index in [-0.39, 0.29) is 23.0 Å². The molecule has 6 nitrogen and oxygen atoms in total. The molecule has 24 heavy (non-hydrogen) atoms. The number of anilines is 1. The lowest BCUT2D eigenvalue weighted by Gasteiger charge is -2.12. The van der Waals surface area contributed by atoms with Crippen LogP contribution in [0.1, 0.15) is 28.8 Å². The molecule has 0 aliphatic heterocycles. The maximum atomic E-state index is 12.4. The van der Waals surface area contributed by atoms with Gasteiger partial charge in [-0.25, -0.2) is 17.9 Å². The minimum Gasteiger partial charge on any atom is -0.478 e. The summed E-state index contributed by atoms with van der Waals surface area (Å²) in [6.07, 6.45) is 2.00. The number of carbonyl (C=O) groups is 1. The van der Waals surface area contributed by atoms with Crippen molar-refractivity contribution in [2.75, 3.05) is 5.32 Å². The van der Waals surface area contributed by atoms with Crippen molar-refractivity contribution in [3.8, 4) is 0 Å². The lowest BCUT2D eigenvalue weighted by atomic mass is 10.2.